The number of nitrogens with zero attached hydrogens (tertiary/aromatic N) is 1. The van der Waals surface area contributed by atoms with Crippen molar-refractivity contribution in [3.63, 3.8) is 0 Å². The molecule has 2 amide bonds. The number of methoxy groups -OCH3 is 1. The Morgan fingerprint density at radius 3 is 2.53 bits per heavy atom. The second kappa shape index (κ2) is 11.4. The summed E-state index contributed by atoms with van der Waals surface area (Å²) in [6.45, 7) is 6.50. The van der Waals surface area contributed by atoms with Crippen LogP contribution >= 0.6 is 0 Å². The van der Waals surface area contributed by atoms with E-state index in [4.69, 9.17) is 14.2 Å². The Morgan fingerprint density at radius 1 is 1.24 bits per heavy atom. The molecule has 1 aromatic carbocycles. The summed E-state index contributed by atoms with van der Waals surface area (Å²) >= 11 is 0. The number of hydrogen-bond donors (Lipinski definition) is 2. The van der Waals surface area contributed by atoms with Gasteiger partial charge in [-0.3, -0.25) is 9.59 Å². The summed E-state index contributed by atoms with van der Waals surface area (Å²) < 4.78 is 15.6. The van der Waals surface area contributed by atoms with Gasteiger partial charge in [-0.05, 0) is 62.1 Å². The maximum absolute atomic E-state index is 12.0. The van der Waals surface area contributed by atoms with Crippen LogP contribution in [0.3, 0.4) is 0 Å². The van der Waals surface area contributed by atoms with Crippen molar-refractivity contribution in [3.05, 3.63) is 70.3 Å². The van der Waals surface area contributed by atoms with E-state index in [1.54, 1.807) is 14.2 Å². The third-order valence-electron chi connectivity index (χ3n) is 5.64. The Morgan fingerprint density at radius 2 is 1.91 bits per heavy atom. The highest BCUT2D eigenvalue weighted by Gasteiger charge is 2.23. The first kappa shape index (κ1) is 25.0. The molecule has 0 spiro atoms. The van der Waals surface area contributed by atoms with Crippen LogP contribution in [0, 0.1) is 0 Å². The highest BCUT2D eigenvalue weighted by molar-refractivity contribution is 5.80. The van der Waals surface area contributed by atoms with E-state index in [9.17, 15) is 9.59 Å². The van der Waals surface area contributed by atoms with Gasteiger partial charge in [-0.2, -0.15) is 0 Å². The average molecular weight is 468 g/mol. The molecule has 2 N–H and O–H groups in total. The molecule has 1 atom stereocenters. The Balaban J connectivity index is 0.000000296. The van der Waals surface area contributed by atoms with Crippen LogP contribution in [-0.2, 0) is 14.3 Å². The lowest BCUT2D eigenvalue weighted by Crippen LogP contribution is -2.40. The van der Waals surface area contributed by atoms with Crippen LogP contribution in [0.15, 0.2) is 70.3 Å². The molecule has 0 unspecified atom stereocenters. The van der Waals surface area contributed by atoms with Gasteiger partial charge in [0.05, 0.1) is 13.7 Å². The zero-order chi connectivity index (χ0) is 24.7. The highest BCUT2D eigenvalue weighted by Crippen LogP contribution is 2.34. The van der Waals surface area contributed by atoms with Gasteiger partial charge in [-0.1, -0.05) is 18.2 Å². The van der Waals surface area contributed by atoms with E-state index >= 15 is 0 Å². The SMILES string of the molecule is COC1=C(C)C=C2CC(=C1)NC(C)=C2C[C@H](C)NC(=O)CN(C)C=O.c1ccc2c(c1)OCO2. The number of ether oxygens (including phenoxy) is 3. The Hall–Kier alpha value is -3.68. The van der Waals surface area contributed by atoms with Gasteiger partial charge >= 0.3 is 0 Å². The second-order valence-electron chi connectivity index (χ2n) is 8.54. The van der Waals surface area contributed by atoms with Gasteiger partial charge in [0, 0.05) is 30.9 Å². The molecule has 4 rings (SSSR count). The van der Waals surface area contributed by atoms with Crippen molar-refractivity contribution in [1.82, 2.24) is 15.5 Å². The minimum atomic E-state index is -0.155. The zero-order valence-corrected chi connectivity index (χ0v) is 20.4. The van der Waals surface area contributed by atoms with E-state index in [1.807, 2.05) is 44.2 Å². The van der Waals surface area contributed by atoms with Gasteiger partial charge in [-0.15, -0.1) is 0 Å². The largest absolute Gasteiger partial charge is 0.496 e. The number of rotatable bonds is 7. The van der Waals surface area contributed by atoms with Crippen LogP contribution in [0.2, 0.25) is 0 Å². The van der Waals surface area contributed by atoms with Crippen LogP contribution in [0.25, 0.3) is 0 Å². The molecule has 8 nitrogen and oxygen atoms in total. The van der Waals surface area contributed by atoms with Crippen LogP contribution in [0.4, 0.5) is 0 Å². The number of nitrogens with one attached hydrogen (secondary N) is 2. The fourth-order valence-corrected chi connectivity index (χ4v) is 4.03. The van der Waals surface area contributed by atoms with E-state index in [1.165, 1.54) is 16.0 Å². The summed E-state index contributed by atoms with van der Waals surface area (Å²) in [5.74, 6) is 2.40. The van der Waals surface area contributed by atoms with E-state index in [0.717, 1.165) is 47.1 Å². The molecule has 2 heterocycles. The molecule has 2 aliphatic heterocycles. The van der Waals surface area contributed by atoms with Crippen molar-refractivity contribution in [2.45, 2.75) is 39.7 Å². The maximum Gasteiger partial charge on any atom is 0.239 e. The number of likely N-dealkylation sites (N-methyl/N-ethyl adjacent to an activating group) is 1. The summed E-state index contributed by atoms with van der Waals surface area (Å²) in [7, 11) is 3.26. The Labute approximate surface area is 200 Å². The fraction of sp³-hybridized carbons (Fsp3) is 0.385. The molecule has 1 aromatic rings. The van der Waals surface area contributed by atoms with Crippen molar-refractivity contribution >= 4 is 12.3 Å². The van der Waals surface area contributed by atoms with Gasteiger partial charge in [0.15, 0.2) is 11.5 Å². The molecule has 0 aromatic heterocycles. The number of hydrogen-bond acceptors (Lipinski definition) is 6. The lowest BCUT2D eigenvalue weighted by atomic mass is 9.90. The number of amides is 2. The third-order valence-corrected chi connectivity index (χ3v) is 5.64. The Kier molecular flexibility index (Phi) is 8.40. The van der Waals surface area contributed by atoms with Gasteiger partial charge in [0.1, 0.15) is 5.76 Å². The fourth-order valence-electron chi connectivity index (χ4n) is 4.03. The predicted octanol–water partition coefficient (Wildman–Crippen LogP) is 3.40. The molecule has 2 bridgehead atoms. The smallest absolute Gasteiger partial charge is 0.239 e. The second-order valence-corrected chi connectivity index (χ2v) is 8.54. The molecule has 8 heteroatoms. The van der Waals surface area contributed by atoms with E-state index in [2.05, 4.69) is 23.6 Å². The van der Waals surface area contributed by atoms with E-state index < -0.39 is 0 Å². The topological polar surface area (TPSA) is 89.1 Å². The normalized spacial score (nSPS) is 16.7. The molecular weight excluding hydrogens is 434 g/mol. The quantitative estimate of drug-likeness (QED) is 0.598. The van der Waals surface area contributed by atoms with Gasteiger partial charge in [0.2, 0.25) is 19.1 Å². The van der Waals surface area contributed by atoms with E-state index in [-0.39, 0.29) is 18.5 Å². The first-order chi connectivity index (χ1) is 16.3. The van der Waals surface area contributed by atoms with Crippen molar-refractivity contribution in [2.24, 2.45) is 0 Å². The van der Waals surface area contributed by atoms with Gasteiger partial charge < -0.3 is 29.7 Å². The van der Waals surface area contributed by atoms with Crippen LogP contribution in [-0.4, -0.2) is 50.8 Å². The van der Waals surface area contributed by atoms with Crippen molar-refractivity contribution in [1.29, 1.82) is 0 Å². The van der Waals surface area contributed by atoms with Crippen molar-refractivity contribution in [3.8, 4) is 11.5 Å². The summed E-state index contributed by atoms with van der Waals surface area (Å²) in [4.78, 5) is 23.9. The van der Waals surface area contributed by atoms with Crippen molar-refractivity contribution in [2.75, 3.05) is 27.5 Å². The van der Waals surface area contributed by atoms with E-state index in [0.29, 0.717) is 13.2 Å². The van der Waals surface area contributed by atoms with Gasteiger partial charge in [-0.25, -0.2) is 0 Å². The van der Waals surface area contributed by atoms with Crippen molar-refractivity contribution < 1.29 is 23.8 Å². The molecule has 0 saturated heterocycles. The molecule has 1 aliphatic carbocycles. The lowest BCUT2D eigenvalue weighted by molar-refractivity contribution is -0.127. The average Bonchev–Trinajstić information content (AvgIpc) is 3.23. The van der Waals surface area contributed by atoms with Crippen LogP contribution < -0.4 is 20.1 Å². The molecule has 3 aliphatic rings. The third kappa shape index (κ3) is 6.43. The van der Waals surface area contributed by atoms with Gasteiger partial charge in [0.25, 0.3) is 0 Å². The predicted molar refractivity (Wildman–Crippen MR) is 130 cm³/mol. The number of fused-ring (bicyclic) bond motifs is 3. The molecule has 182 valence electrons. The first-order valence-electron chi connectivity index (χ1n) is 11.2. The number of allylic oxidation sites excluding steroid dienone is 5. The van der Waals surface area contributed by atoms with Crippen LogP contribution in [0.1, 0.15) is 33.6 Å². The number of carbonyl (C=O) groups excluding carboxylic acids is 2. The first-order valence-corrected chi connectivity index (χ1v) is 11.2. The Bertz CT molecular complexity index is 1030. The number of para-hydroxylation sites is 2. The number of benzene rings is 1. The summed E-state index contributed by atoms with van der Waals surface area (Å²) in [5.41, 5.74) is 5.76. The molecule has 0 radical (unpaired) electrons. The number of carbonyl (C=O) groups is 2. The minimum Gasteiger partial charge on any atom is -0.496 e. The summed E-state index contributed by atoms with van der Waals surface area (Å²) in [5, 5.41) is 6.39. The van der Waals surface area contributed by atoms with Crippen LogP contribution in [0.5, 0.6) is 11.5 Å². The molecular formula is C26H33N3O5. The molecule has 0 fully saturated rings. The summed E-state index contributed by atoms with van der Waals surface area (Å²) in [6, 6.07) is 7.60. The zero-order valence-electron chi connectivity index (χ0n) is 20.4. The molecule has 0 saturated carbocycles. The maximum atomic E-state index is 12.0. The molecule has 34 heavy (non-hydrogen) atoms. The highest BCUT2D eigenvalue weighted by atomic mass is 16.7. The lowest BCUT2D eigenvalue weighted by Gasteiger charge is -2.27. The minimum absolute atomic E-state index is 0.0276. The monoisotopic (exact) mass is 467 g/mol. The standard InChI is InChI=1S/C19H27N3O3.C7H6O2/c1-12-6-15-8-16(9-18(12)25-5)21-14(3)17(15)7-13(2)20-19(24)10-22(4)11-23;1-2-4-7-6(3-1)8-5-9-7/h6,9,11,13,21H,7-8,10H2,1-5H3,(H,20,24);1-4H,5H2/t13-;/m0./s1. The summed E-state index contributed by atoms with van der Waals surface area (Å²) in [6.07, 6.45) is 6.40.